The summed E-state index contributed by atoms with van der Waals surface area (Å²) in [5.41, 5.74) is 2.58. The summed E-state index contributed by atoms with van der Waals surface area (Å²) in [6.45, 7) is 6.82. The lowest BCUT2D eigenvalue weighted by atomic mass is 10.1. The first-order chi connectivity index (χ1) is 9.71. The van der Waals surface area contributed by atoms with Crippen LogP contribution in [-0.4, -0.2) is 47.3 Å². The zero-order valence-corrected chi connectivity index (χ0v) is 13.0. The van der Waals surface area contributed by atoms with Crippen molar-refractivity contribution in [1.82, 2.24) is 14.9 Å². The van der Waals surface area contributed by atoms with Gasteiger partial charge in [-0.3, -0.25) is 0 Å². The number of likely N-dealkylation sites (tertiary alicyclic amines) is 1. The van der Waals surface area contributed by atoms with Gasteiger partial charge in [-0.05, 0) is 38.1 Å². The van der Waals surface area contributed by atoms with Crippen molar-refractivity contribution in [3.8, 4) is 0 Å². The van der Waals surface area contributed by atoms with E-state index >= 15 is 0 Å². The number of hydrogen-bond acceptors (Lipinski definition) is 7. The summed E-state index contributed by atoms with van der Waals surface area (Å²) < 4.78 is 0. The van der Waals surface area contributed by atoms with Crippen molar-refractivity contribution in [2.45, 2.75) is 24.9 Å². The van der Waals surface area contributed by atoms with Crippen LogP contribution in [-0.2, 0) is 0 Å². The van der Waals surface area contributed by atoms with Crippen LogP contribution in [0.2, 0.25) is 0 Å². The van der Waals surface area contributed by atoms with E-state index in [-0.39, 0.29) is 0 Å². The summed E-state index contributed by atoms with van der Waals surface area (Å²) in [5.74, 6) is 7.48. The maximum atomic E-state index is 5.42. The molecule has 1 aliphatic heterocycles. The number of hydrogen-bond donors (Lipinski definition) is 3. The molecule has 2 rings (SSSR count). The SMILES string of the molecule is CSc1nc(NN)cc(NCC(C)CN2CCCC2)n1. The molecule has 0 radical (unpaired) electrons. The highest BCUT2D eigenvalue weighted by molar-refractivity contribution is 7.98. The molecule has 1 atom stereocenters. The zero-order valence-electron chi connectivity index (χ0n) is 12.2. The number of nitrogens with zero attached hydrogens (tertiary/aromatic N) is 3. The Bertz CT molecular complexity index is 399. The number of rotatable bonds is 7. The molecule has 0 spiro atoms. The van der Waals surface area contributed by atoms with Gasteiger partial charge in [-0.2, -0.15) is 0 Å². The van der Waals surface area contributed by atoms with Crippen LogP contribution in [0.4, 0.5) is 11.6 Å². The Hall–Kier alpha value is -1.05. The molecule has 0 aliphatic carbocycles. The molecule has 0 aromatic carbocycles. The van der Waals surface area contributed by atoms with E-state index in [2.05, 4.69) is 32.5 Å². The highest BCUT2D eigenvalue weighted by Gasteiger charge is 2.14. The molecule has 4 N–H and O–H groups in total. The van der Waals surface area contributed by atoms with Gasteiger partial charge in [0.2, 0.25) is 0 Å². The maximum absolute atomic E-state index is 5.42. The van der Waals surface area contributed by atoms with Crippen LogP contribution >= 0.6 is 11.8 Å². The molecule has 1 unspecified atom stereocenters. The molecular weight excluding hydrogens is 272 g/mol. The fourth-order valence-electron chi connectivity index (χ4n) is 2.43. The van der Waals surface area contributed by atoms with Gasteiger partial charge in [-0.1, -0.05) is 18.7 Å². The van der Waals surface area contributed by atoms with E-state index in [0.717, 1.165) is 24.1 Å². The molecule has 1 saturated heterocycles. The Labute approximate surface area is 124 Å². The molecular formula is C13H24N6S. The standard InChI is InChI=1S/C13H24N6S/c1-10(9-19-5-3-4-6-19)8-15-11-7-12(18-14)17-13(16-11)20-2/h7,10H,3-6,8-9,14H2,1-2H3,(H2,15,16,17,18). The molecule has 0 bridgehead atoms. The second kappa shape index (κ2) is 7.66. The maximum Gasteiger partial charge on any atom is 0.191 e. The summed E-state index contributed by atoms with van der Waals surface area (Å²) in [6, 6.07) is 1.84. The lowest BCUT2D eigenvalue weighted by Gasteiger charge is -2.20. The molecule has 0 saturated carbocycles. The molecule has 0 amide bonds. The Morgan fingerprint density at radius 1 is 1.35 bits per heavy atom. The first-order valence-electron chi connectivity index (χ1n) is 7.07. The zero-order chi connectivity index (χ0) is 14.4. The van der Waals surface area contributed by atoms with E-state index in [1.807, 2.05) is 12.3 Å². The first-order valence-corrected chi connectivity index (χ1v) is 8.29. The number of thioether (sulfide) groups is 1. The third kappa shape index (κ3) is 4.50. The van der Waals surface area contributed by atoms with Crippen LogP contribution in [0.15, 0.2) is 11.2 Å². The van der Waals surface area contributed by atoms with Crippen molar-refractivity contribution in [2.24, 2.45) is 11.8 Å². The third-order valence-corrected chi connectivity index (χ3v) is 3.98. The molecule has 1 fully saturated rings. The Kier molecular flexibility index (Phi) is 5.87. The second-order valence-electron chi connectivity index (χ2n) is 5.26. The van der Waals surface area contributed by atoms with Gasteiger partial charge in [0.05, 0.1) is 0 Å². The van der Waals surface area contributed by atoms with Crippen molar-refractivity contribution in [3.63, 3.8) is 0 Å². The minimum Gasteiger partial charge on any atom is -0.370 e. The lowest BCUT2D eigenvalue weighted by Crippen LogP contribution is -2.29. The monoisotopic (exact) mass is 296 g/mol. The molecule has 1 aromatic rings. The second-order valence-corrected chi connectivity index (χ2v) is 6.04. The molecule has 6 nitrogen and oxygen atoms in total. The Morgan fingerprint density at radius 3 is 2.70 bits per heavy atom. The number of nitrogens with one attached hydrogen (secondary N) is 2. The lowest BCUT2D eigenvalue weighted by molar-refractivity contribution is 0.294. The summed E-state index contributed by atoms with van der Waals surface area (Å²) in [7, 11) is 0. The molecule has 112 valence electrons. The van der Waals surface area contributed by atoms with Gasteiger partial charge in [0.25, 0.3) is 0 Å². The summed E-state index contributed by atoms with van der Waals surface area (Å²) in [6.07, 6.45) is 4.64. The van der Waals surface area contributed by atoms with Crippen LogP contribution in [0.25, 0.3) is 0 Å². The van der Waals surface area contributed by atoms with E-state index in [0.29, 0.717) is 11.7 Å². The fourth-order valence-corrected chi connectivity index (χ4v) is 2.81. The van der Waals surface area contributed by atoms with E-state index in [4.69, 9.17) is 5.84 Å². The van der Waals surface area contributed by atoms with Gasteiger partial charge in [0.15, 0.2) is 5.16 Å². The Morgan fingerprint density at radius 2 is 2.05 bits per heavy atom. The van der Waals surface area contributed by atoms with Crippen molar-refractivity contribution in [3.05, 3.63) is 6.07 Å². The van der Waals surface area contributed by atoms with Gasteiger partial charge in [-0.25, -0.2) is 15.8 Å². The quantitative estimate of drug-likeness (QED) is 0.305. The van der Waals surface area contributed by atoms with Gasteiger partial charge >= 0.3 is 0 Å². The molecule has 7 heteroatoms. The topological polar surface area (TPSA) is 79.1 Å². The first kappa shape index (κ1) is 15.3. The largest absolute Gasteiger partial charge is 0.370 e. The van der Waals surface area contributed by atoms with Gasteiger partial charge in [0, 0.05) is 19.2 Å². The Balaban J connectivity index is 1.85. The van der Waals surface area contributed by atoms with Crippen molar-refractivity contribution in [2.75, 3.05) is 43.2 Å². The molecule has 20 heavy (non-hydrogen) atoms. The third-order valence-electron chi connectivity index (χ3n) is 3.44. The summed E-state index contributed by atoms with van der Waals surface area (Å²) >= 11 is 1.51. The van der Waals surface area contributed by atoms with Gasteiger partial charge in [0.1, 0.15) is 11.6 Å². The van der Waals surface area contributed by atoms with Gasteiger partial charge < -0.3 is 15.6 Å². The minimum absolute atomic E-state index is 0.593. The van der Waals surface area contributed by atoms with E-state index in [9.17, 15) is 0 Å². The normalized spacial score (nSPS) is 17.1. The molecule has 2 heterocycles. The van der Waals surface area contributed by atoms with Crippen molar-refractivity contribution < 1.29 is 0 Å². The van der Waals surface area contributed by atoms with Crippen LogP contribution in [0.5, 0.6) is 0 Å². The number of hydrazine groups is 1. The average molecular weight is 296 g/mol. The van der Waals surface area contributed by atoms with Gasteiger partial charge in [-0.15, -0.1) is 0 Å². The fraction of sp³-hybridized carbons (Fsp3) is 0.692. The summed E-state index contributed by atoms with van der Waals surface area (Å²) in [4.78, 5) is 11.2. The van der Waals surface area contributed by atoms with Crippen molar-refractivity contribution >= 4 is 23.4 Å². The number of aromatic nitrogens is 2. The number of nitrogen functional groups attached to an aromatic ring is 1. The summed E-state index contributed by atoms with van der Waals surface area (Å²) in [5, 5.41) is 4.10. The van der Waals surface area contributed by atoms with Crippen LogP contribution in [0.3, 0.4) is 0 Å². The van der Waals surface area contributed by atoms with E-state index < -0.39 is 0 Å². The highest BCUT2D eigenvalue weighted by Crippen LogP contribution is 2.17. The average Bonchev–Trinajstić information content (AvgIpc) is 2.97. The number of nitrogens with two attached hydrogens (primary N) is 1. The predicted molar refractivity (Wildman–Crippen MR) is 85.0 cm³/mol. The van der Waals surface area contributed by atoms with E-state index in [1.165, 1.54) is 37.7 Å². The van der Waals surface area contributed by atoms with Crippen LogP contribution in [0.1, 0.15) is 19.8 Å². The van der Waals surface area contributed by atoms with Crippen LogP contribution < -0.4 is 16.6 Å². The van der Waals surface area contributed by atoms with Crippen molar-refractivity contribution in [1.29, 1.82) is 0 Å². The number of anilines is 2. The molecule has 1 aromatic heterocycles. The predicted octanol–water partition coefficient (Wildman–Crippen LogP) is 1.63. The smallest absolute Gasteiger partial charge is 0.191 e. The molecule has 1 aliphatic rings. The minimum atomic E-state index is 0.593. The highest BCUT2D eigenvalue weighted by atomic mass is 32.2. The van der Waals surface area contributed by atoms with E-state index in [1.54, 1.807) is 0 Å². The van der Waals surface area contributed by atoms with Crippen LogP contribution in [0, 0.1) is 5.92 Å².